The Morgan fingerprint density at radius 2 is 1.47 bits per heavy atom. The normalized spacial score (nSPS) is 10.1. The van der Waals surface area contributed by atoms with E-state index in [1.54, 1.807) is 0 Å². The minimum Gasteiger partial charge on any atom is -0.324 e. The molecule has 0 fully saturated rings. The second kappa shape index (κ2) is 5.01. The summed E-state index contributed by atoms with van der Waals surface area (Å²) in [6.07, 6.45) is 0. The highest BCUT2D eigenvalue weighted by molar-refractivity contribution is 6.23. The Morgan fingerprint density at radius 3 is 2.00 bits per heavy atom. The summed E-state index contributed by atoms with van der Waals surface area (Å²) in [5.74, 6) is 0.606. The minimum atomic E-state index is 0.606. The molecule has 0 aliphatic carbocycles. The number of rotatable bonds is 3. The first kappa shape index (κ1) is 11.7. The third kappa shape index (κ3) is 3.07. The van der Waals surface area contributed by atoms with Crippen molar-refractivity contribution >= 4 is 29.1 Å². The van der Waals surface area contributed by atoms with Crippen LogP contribution in [0.15, 0.2) is 30.3 Å². The van der Waals surface area contributed by atoms with Gasteiger partial charge in [-0.1, -0.05) is 0 Å². The lowest BCUT2D eigenvalue weighted by molar-refractivity contribution is 1.06. The van der Waals surface area contributed by atoms with Gasteiger partial charge in [-0.25, -0.2) is 9.97 Å². The van der Waals surface area contributed by atoms with E-state index >= 15 is 0 Å². The van der Waals surface area contributed by atoms with Crippen LogP contribution in [-0.2, 0) is 0 Å². The molecule has 0 saturated heterocycles. The van der Waals surface area contributed by atoms with Crippen LogP contribution >= 0.6 is 11.8 Å². The SMILES string of the molecule is Cc1cc(C)nc(Nc2ccc(NCl)cc2)n1. The van der Waals surface area contributed by atoms with E-state index in [4.69, 9.17) is 11.8 Å². The van der Waals surface area contributed by atoms with Gasteiger partial charge in [0.05, 0.1) is 0 Å². The lowest BCUT2D eigenvalue weighted by Crippen LogP contribution is -1.99. The Kier molecular flexibility index (Phi) is 3.44. The van der Waals surface area contributed by atoms with E-state index < -0.39 is 0 Å². The second-order valence-electron chi connectivity index (χ2n) is 3.77. The Bertz CT molecular complexity index is 490. The number of hydrogen-bond donors (Lipinski definition) is 2. The van der Waals surface area contributed by atoms with Gasteiger partial charge in [-0.15, -0.1) is 0 Å². The van der Waals surface area contributed by atoms with E-state index in [1.165, 1.54) is 0 Å². The molecule has 5 heteroatoms. The summed E-state index contributed by atoms with van der Waals surface area (Å²) in [5, 5.41) is 3.14. The van der Waals surface area contributed by atoms with Crippen LogP contribution in [0.4, 0.5) is 17.3 Å². The molecule has 1 aromatic carbocycles. The van der Waals surface area contributed by atoms with E-state index in [1.807, 2.05) is 44.2 Å². The highest BCUT2D eigenvalue weighted by Gasteiger charge is 2.00. The fourth-order valence-electron chi connectivity index (χ4n) is 1.53. The first-order valence-electron chi connectivity index (χ1n) is 5.23. The van der Waals surface area contributed by atoms with E-state index in [-0.39, 0.29) is 0 Å². The average Bonchev–Trinajstić information content (AvgIpc) is 2.28. The number of nitrogens with one attached hydrogen (secondary N) is 2. The van der Waals surface area contributed by atoms with Gasteiger partial charge in [0.25, 0.3) is 0 Å². The maximum Gasteiger partial charge on any atom is 0.227 e. The molecular weight excluding hydrogens is 236 g/mol. The molecule has 0 spiro atoms. The number of aryl methyl sites for hydroxylation is 2. The van der Waals surface area contributed by atoms with Crippen LogP contribution in [0.5, 0.6) is 0 Å². The molecule has 17 heavy (non-hydrogen) atoms. The number of halogens is 1. The summed E-state index contributed by atoms with van der Waals surface area (Å²) in [6, 6.07) is 9.50. The second-order valence-corrected chi connectivity index (χ2v) is 3.96. The van der Waals surface area contributed by atoms with Crippen molar-refractivity contribution in [3.8, 4) is 0 Å². The lowest BCUT2D eigenvalue weighted by Gasteiger charge is -2.07. The van der Waals surface area contributed by atoms with E-state index in [2.05, 4.69) is 20.1 Å². The van der Waals surface area contributed by atoms with Gasteiger partial charge in [0, 0.05) is 34.5 Å². The number of aromatic nitrogens is 2. The predicted molar refractivity (Wildman–Crippen MR) is 70.7 cm³/mol. The molecule has 0 radical (unpaired) electrons. The van der Waals surface area contributed by atoms with Gasteiger partial charge in [0.2, 0.25) is 5.95 Å². The number of anilines is 3. The molecule has 0 atom stereocenters. The molecule has 2 N–H and O–H groups in total. The Labute approximate surface area is 105 Å². The van der Waals surface area contributed by atoms with Crippen LogP contribution in [-0.4, -0.2) is 9.97 Å². The molecule has 2 aromatic rings. The van der Waals surface area contributed by atoms with Crippen molar-refractivity contribution in [2.24, 2.45) is 0 Å². The maximum atomic E-state index is 5.49. The molecule has 2 rings (SSSR count). The van der Waals surface area contributed by atoms with Gasteiger partial charge < -0.3 is 5.32 Å². The molecule has 1 heterocycles. The fourth-order valence-corrected chi connectivity index (χ4v) is 1.65. The minimum absolute atomic E-state index is 0.606. The molecule has 0 saturated carbocycles. The van der Waals surface area contributed by atoms with Crippen LogP contribution in [0.1, 0.15) is 11.4 Å². The fraction of sp³-hybridized carbons (Fsp3) is 0.167. The molecule has 0 aliphatic rings. The van der Waals surface area contributed by atoms with Crippen molar-refractivity contribution in [2.45, 2.75) is 13.8 Å². The standard InChI is InChI=1S/C12H13ClN4/c1-8-7-9(2)15-12(14-8)16-10-3-5-11(17-13)6-4-10/h3-7,17H,1-2H3,(H,14,15,16). The van der Waals surface area contributed by atoms with Crippen molar-refractivity contribution in [3.63, 3.8) is 0 Å². The largest absolute Gasteiger partial charge is 0.324 e. The van der Waals surface area contributed by atoms with E-state index in [0.717, 1.165) is 22.8 Å². The van der Waals surface area contributed by atoms with Crippen molar-refractivity contribution in [3.05, 3.63) is 41.7 Å². The zero-order chi connectivity index (χ0) is 12.3. The molecule has 0 unspecified atom stereocenters. The first-order valence-corrected chi connectivity index (χ1v) is 5.61. The van der Waals surface area contributed by atoms with Gasteiger partial charge in [-0.05, 0) is 44.2 Å². The zero-order valence-corrected chi connectivity index (χ0v) is 10.4. The van der Waals surface area contributed by atoms with Crippen molar-refractivity contribution in [2.75, 3.05) is 10.2 Å². The third-order valence-corrected chi connectivity index (χ3v) is 2.45. The van der Waals surface area contributed by atoms with Crippen molar-refractivity contribution in [1.82, 2.24) is 9.97 Å². The summed E-state index contributed by atoms with van der Waals surface area (Å²) in [5.41, 5.74) is 3.65. The Morgan fingerprint density at radius 1 is 0.941 bits per heavy atom. The zero-order valence-electron chi connectivity index (χ0n) is 9.66. The van der Waals surface area contributed by atoms with E-state index in [0.29, 0.717) is 5.95 Å². The molecule has 0 bridgehead atoms. The predicted octanol–water partition coefficient (Wildman–Crippen LogP) is 3.40. The number of nitrogens with zero attached hydrogens (tertiary/aromatic N) is 2. The Hall–Kier alpha value is -1.81. The smallest absolute Gasteiger partial charge is 0.227 e. The van der Waals surface area contributed by atoms with Gasteiger partial charge in [-0.2, -0.15) is 0 Å². The van der Waals surface area contributed by atoms with Gasteiger partial charge in [-0.3, -0.25) is 4.84 Å². The van der Waals surface area contributed by atoms with Crippen LogP contribution in [0.25, 0.3) is 0 Å². The van der Waals surface area contributed by atoms with Crippen LogP contribution in [0.3, 0.4) is 0 Å². The summed E-state index contributed by atoms with van der Waals surface area (Å²) in [6.45, 7) is 3.89. The van der Waals surface area contributed by atoms with Crippen LogP contribution < -0.4 is 10.2 Å². The summed E-state index contributed by atoms with van der Waals surface area (Å²) >= 11 is 5.49. The van der Waals surface area contributed by atoms with Crippen molar-refractivity contribution in [1.29, 1.82) is 0 Å². The molecule has 0 amide bonds. The Balaban J connectivity index is 2.19. The average molecular weight is 249 g/mol. The summed E-state index contributed by atoms with van der Waals surface area (Å²) < 4.78 is 0. The van der Waals surface area contributed by atoms with E-state index in [9.17, 15) is 0 Å². The molecule has 0 aliphatic heterocycles. The monoisotopic (exact) mass is 248 g/mol. The van der Waals surface area contributed by atoms with Gasteiger partial charge >= 0.3 is 0 Å². The molecular formula is C12H13ClN4. The number of benzene rings is 1. The third-order valence-electron chi connectivity index (χ3n) is 2.23. The van der Waals surface area contributed by atoms with Crippen molar-refractivity contribution < 1.29 is 0 Å². The maximum absolute atomic E-state index is 5.49. The highest BCUT2D eigenvalue weighted by Crippen LogP contribution is 2.17. The van der Waals surface area contributed by atoms with Gasteiger partial charge in [0.15, 0.2) is 0 Å². The number of hydrogen-bond acceptors (Lipinski definition) is 4. The highest BCUT2D eigenvalue weighted by atomic mass is 35.5. The molecule has 4 nitrogen and oxygen atoms in total. The summed E-state index contributed by atoms with van der Waals surface area (Å²) in [4.78, 5) is 11.2. The van der Waals surface area contributed by atoms with Crippen LogP contribution in [0, 0.1) is 13.8 Å². The quantitative estimate of drug-likeness (QED) is 0.818. The van der Waals surface area contributed by atoms with Gasteiger partial charge in [0.1, 0.15) is 0 Å². The lowest BCUT2D eigenvalue weighted by atomic mass is 10.3. The summed E-state index contributed by atoms with van der Waals surface area (Å²) in [7, 11) is 0. The molecule has 1 aromatic heterocycles. The topological polar surface area (TPSA) is 49.8 Å². The molecule has 88 valence electrons. The first-order chi connectivity index (χ1) is 8.17. The van der Waals surface area contributed by atoms with Crippen LogP contribution in [0.2, 0.25) is 0 Å².